The Morgan fingerprint density at radius 1 is 1.27 bits per heavy atom. The molecule has 0 bridgehead atoms. The maximum absolute atomic E-state index is 12.5. The van der Waals surface area contributed by atoms with Crippen molar-refractivity contribution in [3.63, 3.8) is 0 Å². The predicted octanol–water partition coefficient (Wildman–Crippen LogP) is 0.184. The minimum absolute atomic E-state index is 0.190. The number of hydrogen-bond donors (Lipinski definition) is 1. The first-order valence-electron chi connectivity index (χ1n) is 7.27. The Morgan fingerprint density at radius 2 is 1.95 bits per heavy atom. The maximum Gasteiger partial charge on any atom is 0.290 e. The lowest BCUT2D eigenvalue weighted by atomic mass is 10.2. The molecule has 1 atom stereocenters. The summed E-state index contributed by atoms with van der Waals surface area (Å²) in [6.07, 6.45) is 0. The molecule has 1 saturated heterocycles. The van der Waals surface area contributed by atoms with Gasteiger partial charge in [0, 0.05) is 13.1 Å². The van der Waals surface area contributed by atoms with Gasteiger partial charge in [0.25, 0.3) is 11.8 Å². The molecule has 1 aromatic rings. The van der Waals surface area contributed by atoms with E-state index < -0.39 is 6.04 Å². The lowest BCUT2D eigenvalue weighted by Crippen LogP contribution is -2.59. The van der Waals surface area contributed by atoms with Crippen LogP contribution in [-0.4, -0.2) is 54.9 Å². The number of hydrazine groups is 1. The molecule has 116 valence electrons. The van der Waals surface area contributed by atoms with Crippen LogP contribution in [0.3, 0.4) is 0 Å². The van der Waals surface area contributed by atoms with E-state index in [1.54, 1.807) is 24.0 Å². The number of nitrogens with one attached hydrogen (secondary N) is 1. The summed E-state index contributed by atoms with van der Waals surface area (Å²) in [7, 11) is 0. The first-order chi connectivity index (χ1) is 10.7. The molecule has 0 aromatic heterocycles. The van der Waals surface area contributed by atoms with E-state index in [-0.39, 0.29) is 17.6 Å². The van der Waals surface area contributed by atoms with Gasteiger partial charge in [0.05, 0.1) is 18.9 Å². The SMILES string of the molecule is C[C@H]1N=C(C(=O)N2CCOCC2)NN(c2ccccc2)C1=O. The van der Waals surface area contributed by atoms with Crippen LogP contribution in [0.25, 0.3) is 0 Å². The fraction of sp³-hybridized carbons (Fsp3) is 0.400. The van der Waals surface area contributed by atoms with E-state index in [1.807, 2.05) is 18.2 Å². The standard InChI is InChI=1S/C15H18N4O3/c1-11-14(20)19(12-5-3-2-4-6-12)17-13(16-11)15(21)18-7-9-22-10-8-18/h2-6,11H,7-10H2,1H3,(H,16,17)/t11-/m1/s1. The minimum atomic E-state index is -0.596. The van der Waals surface area contributed by atoms with E-state index in [1.165, 1.54) is 5.01 Å². The molecular formula is C15H18N4O3. The summed E-state index contributed by atoms with van der Waals surface area (Å²) in [4.78, 5) is 30.7. The summed E-state index contributed by atoms with van der Waals surface area (Å²) in [6.45, 7) is 3.80. The number of ether oxygens (including phenoxy) is 1. The summed E-state index contributed by atoms with van der Waals surface area (Å²) in [6, 6.07) is 8.56. The third kappa shape index (κ3) is 2.80. The lowest BCUT2D eigenvalue weighted by molar-refractivity contribution is -0.128. The molecule has 2 amide bonds. The van der Waals surface area contributed by atoms with Crippen molar-refractivity contribution in [3.05, 3.63) is 30.3 Å². The molecule has 7 nitrogen and oxygen atoms in total. The largest absolute Gasteiger partial charge is 0.378 e. The number of nitrogens with zero attached hydrogens (tertiary/aromatic N) is 3. The fourth-order valence-corrected chi connectivity index (χ4v) is 2.41. The highest BCUT2D eigenvalue weighted by atomic mass is 16.5. The molecule has 1 aromatic carbocycles. The first kappa shape index (κ1) is 14.5. The Hall–Kier alpha value is -2.41. The average Bonchev–Trinajstić information content (AvgIpc) is 2.58. The van der Waals surface area contributed by atoms with Gasteiger partial charge >= 0.3 is 0 Å². The van der Waals surface area contributed by atoms with Gasteiger partial charge in [-0.3, -0.25) is 15.0 Å². The van der Waals surface area contributed by atoms with E-state index in [0.29, 0.717) is 32.0 Å². The molecule has 2 aliphatic rings. The zero-order valence-corrected chi connectivity index (χ0v) is 12.4. The van der Waals surface area contributed by atoms with Gasteiger partial charge in [-0.1, -0.05) is 18.2 Å². The van der Waals surface area contributed by atoms with Crippen LogP contribution in [0.1, 0.15) is 6.92 Å². The second-order valence-electron chi connectivity index (χ2n) is 5.18. The number of hydrogen-bond acceptors (Lipinski definition) is 5. The van der Waals surface area contributed by atoms with E-state index in [9.17, 15) is 9.59 Å². The summed E-state index contributed by atoms with van der Waals surface area (Å²) in [5.41, 5.74) is 3.53. The molecule has 1 N–H and O–H groups in total. The monoisotopic (exact) mass is 302 g/mol. The highest BCUT2D eigenvalue weighted by Gasteiger charge is 2.32. The topological polar surface area (TPSA) is 74.2 Å². The zero-order valence-electron chi connectivity index (χ0n) is 12.4. The number of carbonyl (C=O) groups is 2. The molecule has 0 aliphatic carbocycles. The van der Waals surface area contributed by atoms with E-state index in [2.05, 4.69) is 10.4 Å². The number of morpholine rings is 1. The fourth-order valence-electron chi connectivity index (χ4n) is 2.41. The number of anilines is 1. The minimum Gasteiger partial charge on any atom is -0.378 e. The number of aliphatic imine (C=N–C) groups is 1. The lowest BCUT2D eigenvalue weighted by Gasteiger charge is -2.33. The van der Waals surface area contributed by atoms with E-state index >= 15 is 0 Å². The van der Waals surface area contributed by atoms with Gasteiger partial charge in [-0.05, 0) is 19.1 Å². The van der Waals surface area contributed by atoms with Crippen LogP contribution in [0.15, 0.2) is 35.3 Å². The van der Waals surface area contributed by atoms with Crippen LogP contribution in [-0.2, 0) is 14.3 Å². The van der Waals surface area contributed by atoms with Crippen LogP contribution >= 0.6 is 0 Å². The quantitative estimate of drug-likeness (QED) is 0.846. The van der Waals surface area contributed by atoms with Gasteiger partial charge in [0.15, 0.2) is 0 Å². The van der Waals surface area contributed by atoms with Crippen molar-refractivity contribution in [3.8, 4) is 0 Å². The van der Waals surface area contributed by atoms with Gasteiger partial charge < -0.3 is 9.64 Å². The molecule has 1 fully saturated rings. The molecular weight excluding hydrogens is 284 g/mol. The van der Waals surface area contributed by atoms with Gasteiger partial charge in [0.1, 0.15) is 6.04 Å². The highest BCUT2D eigenvalue weighted by molar-refractivity contribution is 6.39. The third-order valence-corrected chi connectivity index (χ3v) is 3.63. The van der Waals surface area contributed by atoms with Gasteiger partial charge in [-0.2, -0.15) is 0 Å². The molecule has 2 aliphatic heterocycles. The number of para-hydroxylation sites is 1. The van der Waals surface area contributed by atoms with Crippen molar-refractivity contribution < 1.29 is 14.3 Å². The number of rotatable bonds is 2. The second-order valence-corrected chi connectivity index (χ2v) is 5.18. The van der Waals surface area contributed by atoms with Crippen LogP contribution in [0.4, 0.5) is 5.69 Å². The summed E-state index contributed by atoms with van der Waals surface area (Å²) < 4.78 is 5.25. The summed E-state index contributed by atoms with van der Waals surface area (Å²) >= 11 is 0. The van der Waals surface area contributed by atoms with Crippen molar-refractivity contribution in [2.24, 2.45) is 4.99 Å². The van der Waals surface area contributed by atoms with Crippen molar-refractivity contribution in [1.29, 1.82) is 0 Å². The van der Waals surface area contributed by atoms with Crippen molar-refractivity contribution in [2.75, 3.05) is 31.3 Å². The maximum atomic E-state index is 12.5. The zero-order chi connectivity index (χ0) is 15.5. The van der Waals surface area contributed by atoms with Crippen LogP contribution in [0.5, 0.6) is 0 Å². The normalized spacial score (nSPS) is 22.1. The van der Waals surface area contributed by atoms with Gasteiger partial charge in [-0.15, -0.1) is 0 Å². The van der Waals surface area contributed by atoms with E-state index in [0.717, 1.165) is 0 Å². The summed E-state index contributed by atoms with van der Waals surface area (Å²) in [5, 5.41) is 1.38. The molecule has 3 rings (SSSR count). The molecule has 0 spiro atoms. The Morgan fingerprint density at radius 3 is 2.64 bits per heavy atom. The van der Waals surface area contributed by atoms with Crippen molar-refractivity contribution >= 4 is 23.3 Å². The Balaban J connectivity index is 1.82. The van der Waals surface area contributed by atoms with Crippen molar-refractivity contribution in [1.82, 2.24) is 10.3 Å². The van der Waals surface area contributed by atoms with Crippen LogP contribution < -0.4 is 10.4 Å². The average molecular weight is 302 g/mol. The van der Waals surface area contributed by atoms with Gasteiger partial charge in [-0.25, -0.2) is 10.0 Å². The highest BCUT2D eigenvalue weighted by Crippen LogP contribution is 2.16. The molecule has 7 heteroatoms. The molecule has 0 saturated carbocycles. The number of carbonyl (C=O) groups excluding carboxylic acids is 2. The molecule has 0 unspecified atom stereocenters. The second kappa shape index (κ2) is 6.15. The van der Waals surface area contributed by atoms with Crippen LogP contribution in [0, 0.1) is 0 Å². The molecule has 2 heterocycles. The Bertz CT molecular complexity index is 596. The van der Waals surface area contributed by atoms with Crippen molar-refractivity contribution in [2.45, 2.75) is 13.0 Å². The predicted molar refractivity (Wildman–Crippen MR) is 81.4 cm³/mol. The molecule has 22 heavy (non-hydrogen) atoms. The third-order valence-electron chi connectivity index (χ3n) is 3.63. The Labute approximate surface area is 128 Å². The van der Waals surface area contributed by atoms with Crippen LogP contribution in [0.2, 0.25) is 0 Å². The summed E-state index contributed by atoms with van der Waals surface area (Å²) in [5.74, 6) is -0.203. The van der Waals surface area contributed by atoms with Gasteiger partial charge in [0.2, 0.25) is 5.84 Å². The smallest absolute Gasteiger partial charge is 0.290 e. The first-order valence-corrected chi connectivity index (χ1v) is 7.27. The number of amidine groups is 1. The number of benzene rings is 1. The van der Waals surface area contributed by atoms with E-state index in [4.69, 9.17) is 4.74 Å². The molecule has 0 radical (unpaired) electrons. The Kier molecular flexibility index (Phi) is 4.06. The number of amides is 2.